The van der Waals surface area contributed by atoms with Crippen LogP contribution < -0.4 is 16.6 Å². The topological polar surface area (TPSA) is 73.8 Å². The van der Waals surface area contributed by atoms with Gasteiger partial charge in [0.1, 0.15) is 0 Å². The monoisotopic (exact) mass is 423 g/mol. The second kappa shape index (κ2) is 8.01. The molecule has 0 amide bonds. The largest absolute Gasteiger partial charge is 0.356 e. The number of nitrogens with zero attached hydrogens (tertiary/aromatic N) is 4. The van der Waals surface area contributed by atoms with E-state index < -0.39 is 11.2 Å². The van der Waals surface area contributed by atoms with Crippen LogP contribution >= 0.6 is 23.2 Å². The van der Waals surface area contributed by atoms with E-state index in [1.54, 1.807) is 23.7 Å². The van der Waals surface area contributed by atoms with Crippen molar-refractivity contribution in [2.45, 2.75) is 26.8 Å². The Morgan fingerprint density at radius 1 is 1.14 bits per heavy atom. The quantitative estimate of drug-likeness (QED) is 0.660. The van der Waals surface area contributed by atoms with E-state index in [2.05, 4.69) is 24.1 Å². The van der Waals surface area contributed by atoms with Crippen molar-refractivity contribution >= 4 is 40.3 Å². The Bertz CT molecular complexity index is 1140. The molecule has 3 aromatic rings. The predicted octanol–water partition coefficient (Wildman–Crippen LogP) is 3.25. The number of benzene rings is 1. The number of aromatic nitrogens is 4. The van der Waals surface area contributed by atoms with Crippen LogP contribution in [0.2, 0.25) is 10.0 Å². The summed E-state index contributed by atoms with van der Waals surface area (Å²) >= 11 is 12.3. The number of fused-ring (bicyclic) bond motifs is 1. The van der Waals surface area contributed by atoms with Gasteiger partial charge in [-0.05, 0) is 30.0 Å². The minimum atomic E-state index is -0.416. The number of anilines is 1. The Kier molecular flexibility index (Phi) is 5.86. The Morgan fingerprint density at radius 3 is 2.50 bits per heavy atom. The van der Waals surface area contributed by atoms with Gasteiger partial charge >= 0.3 is 5.69 Å². The van der Waals surface area contributed by atoms with Crippen molar-refractivity contribution in [2.75, 3.05) is 11.9 Å². The highest BCUT2D eigenvalue weighted by Crippen LogP contribution is 2.25. The van der Waals surface area contributed by atoms with E-state index in [1.165, 1.54) is 11.6 Å². The number of imidazole rings is 1. The molecule has 150 valence electrons. The lowest BCUT2D eigenvalue weighted by Gasteiger charge is -2.13. The van der Waals surface area contributed by atoms with Crippen LogP contribution in [0.4, 0.5) is 5.95 Å². The fourth-order valence-electron chi connectivity index (χ4n) is 3.03. The first-order valence-corrected chi connectivity index (χ1v) is 9.80. The van der Waals surface area contributed by atoms with Gasteiger partial charge < -0.3 is 5.32 Å². The minimum Gasteiger partial charge on any atom is -0.356 e. The second-order valence-electron chi connectivity index (χ2n) is 7.24. The summed E-state index contributed by atoms with van der Waals surface area (Å²) in [6.45, 7) is 5.29. The molecule has 0 radical (unpaired) electrons. The van der Waals surface area contributed by atoms with Gasteiger partial charge in [-0.1, -0.05) is 43.1 Å². The summed E-state index contributed by atoms with van der Waals surface area (Å²) in [6, 6.07) is 5.24. The van der Waals surface area contributed by atoms with E-state index in [1.807, 2.05) is 6.07 Å². The Labute approximate surface area is 172 Å². The zero-order valence-corrected chi connectivity index (χ0v) is 17.8. The standard InChI is InChI=1S/C19H23Cl2N5O2/c1-11(2)7-8-22-18-23-16-15(17(27)25(4)19(28)24(16)3)26(18)10-12-5-6-13(20)9-14(12)21/h5-6,9,11H,7-8,10H2,1-4H3,(H,22,23). The van der Waals surface area contributed by atoms with Gasteiger partial charge in [-0.15, -0.1) is 0 Å². The van der Waals surface area contributed by atoms with E-state index in [-0.39, 0.29) is 0 Å². The molecule has 0 aliphatic heterocycles. The molecule has 0 saturated heterocycles. The van der Waals surface area contributed by atoms with Crippen molar-refractivity contribution in [3.8, 4) is 0 Å². The zero-order valence-electron chi connectivity index (χ0n) is 16.3. The third kappa shape index (κ3) is 3.82. The highest BCUT2D eigenvalue weighted by atomic mass is 35.5. The maximum Gasteiger partial charge on any atom is 0.332 e. The molecular formula is C19H23Cl2N5O2. The van der Waals surface area contributed by atoms with Crippen LogP contribution in [0.25, 0.3) is 11.2 Å². The molecule has 0 fully saturated rings. The maximum atomic E-state index is 12.9. The molecule has 3 rings (SSSR count). The SMILES string of the molecule is CC(C)CCNc1nc2c(c(=O)n(C)c(=O)n2C)n1Cc1ccc(Cl)cc1Cl. The molecular weight excluding hydrogens is 401 g/mol. The van der Waals surface area contributed by atoms with Crippen molar-refractivity contribution in [1.82, 2.24) is 18.7 Å². The number of halogens is 2. The van der Waals surface area contributed by atoms with Crippen molar-refractivity contribution in [1.29, 1.82) is 0 Å². The van der Waals surface area contributed by atoms with Crippen LogP contribution in [0, 0.1) is 5.92 Å². The highest BCUT2D eigenvalue weighted by molar-refractivity contribution is 6.35. The first kappa shape index (κ1) is 20.5. The molecule has 0 atom stereocenters. The molecule has 9 heteroatoms. The molecule has 1 aromatic carbocycles. The van der Waals surface area contributed by atoms with E-state index in [4.69, 9.17) is 23.2 Å². The van der Waals surface area contributed by atoms with Gasteiger partial charge in [0.05, 0.1) is 6.54 Å². The maximum absolute atomic E-state index is 12.9. The molecule has 2 heterocycles. The lowest BCUT2D eigenvalue weighted by molar-refractivity contribution is 0.604. The summed E-state index contributed by atoms with van der Waals surface area (Å²) in [7, 11) is 3.07. The van der Waals surface area contributed by atoms with E-state index in [0.29, 0.717) is 46.2 Å². The lowest BCUT2D eigenvalue weighted by Crippen LogP contribution is -2.37. The van der Waals surface area contributed by atoms with Crippen LogP contribution in [0.5, 0.6) is 0 Å². The van der Waals surface area contributed by atoms with E-state index in [9.17, 15) is 9.59 Å². The minimum absolute atomic E-state index is 0.323. The molecule has 0 aliphatic rings. The molecule has 0 aliphatic carbocycles. The Balaban J connectivity index is 2.18. The Morgan fingerprint density at radius 2 is 1.86 bits per heavy atom. The van der Waals surface area contributed by atoms with Gasteiger partial charge in [-0.3, -0.25) is 18.5 Å². The number of nitrogens with one attached hydrogen (secondary N) is 1. The van der Waals surface area contributed by atoms with Gasteiger partial charge in [0.2, 0.25) is 5.95 Å². The lowest BCUT2D eigenvalue weighted by atomic mass is 10.1. The molecule has 7 nitrogen and oxygen atoms in total. The van der Waals surface area contributed by atoms with Crippen LogP contribution in [-0.2, 0) is 20.6 Å². The fraction of sp³-hybridized carbons (Fsp3) is 0.421. The van der Waals surface area contributed by atoms with Crippen molar-refractivity contribution < 1.29 is 0 Å². The third-order valence-corrected chi connectivity index (χ3v) is 5.28. The average molecular weight is 424 g/mol. The average Bonchev–Trinajstić information content (AvgIpc) is 2.98. The molecule has 0 bridgehead atoms. The molecule has 1 N–H and O–H groups in total. The first-order chi connectivity index (χ1) is 13.2. The summed E-state index contributed by atoms with van der Waals surface area (Å²) in [4.78, 5) is 29.7. The number of hydrogen-bond acceptors (Lipinski definition) is 4. The van der Waals surface area contributed by atoms with Crippen molar-refractivity contribution in [2.24, 2.45) is 20.0 Å². The summed E-state index contributed by atoms with van der Waals surface area (Å²) in [5.74, 6) is 1.05. The number of aryl methyl sites for hydroxylation is 1. The molecule has 2 aromatic heterocycles. The highest BCUT2D eigenvalue weighted by Gasteiger charge is 2.20. The van der Waals surface area contributed by atoms with Gasteiger partial charge in [0.15, 0.2) is 11.2 Å². The van der Waals surface area contributed by atoms with Gasteiger partial charge in [-0.25, -0.2) is 4.79 Å². The smallest absolute Gasteiger partial charge is 0.332 e. The van der Waals surface area contributed by atoms with Gasteiger partial charge in [0.25, 0.3) is 5.56 Å². The summed E-state index contributed by atoms with van der Waals surface area (Å²) < 4.78 is 4.23. The van der Waals surface area contributed by atoms with Gasteiger partial charge in [-0.2, -0.15) is 4.98 Å². The number of hydrogen-bond donors (Lipinski definition) is 1. The van der Waals surface area contributed by atoms with Crippen LogP contribution in [-0.4, -0.2) is 25.2 Å². The van der Waals surface area contributed by atoms with Gasteiger partial charge in [0, 0.05) is 30.7 Å². The fourth-order valence-corrected chi connectivity index (χ4v) is 3.50. The van der Waals surface area contributed by atoms with Crippen LogP contribution in [0.1, 0.15) is 25.8 Å². The second-order valence-corrected chi connectivity index (χ2v) is 8.09. The third-order valence-electron chi connectivity index (χ3n) is 4.70. The molecule has 0 saturated carbocycles. The zero-order chi connectivity index (χ0) is 20.6. The summed E-state index contributed by atoms with van der Waals surface area (Å²) in [6.07, 6.45) is 0.946. The Hall–Kier alpha value is -2.25. The van der Waals surface area contributed by atoms with Crippen molar-refractivity contribution in [3.63, 3.8) is 0 Å². The summed E-state index contributed by atoms with van der Waals surface area (Å²) in [5.41, 5.74) is 0.675. The van der Waals surface area contributed by atoms with Crippen LogP contribution in [0.3, 0.4) is 0 Å². The molecule has 0 unspecified atom stereocenters. The predicted molar refractivity (Wildman–Crippen MR) is 114 cm³/mol. The summed E-state index contributed by atoms with van der Waals surface area (Å²) in [5, 5.41) is 4.34. The number of rotatable bonds is 6. The van der Waals surface area contributed by atoms with E-state index in [0.717, 1.165) is 16.6 Å². The molecule has 28 heavy (non-hydrogen) atoms. The van der Waals surface area contributed by atoms with Crippen LogP contribution in [0.15, 0.2) is 27.8 Å². The van der Waals surface area contributed by atoms with E-state index >= 15 is 0 Å². The van der Waals surface area contributed by atoms with Crippen molar-refractivity contribution in [3.05, 3.63) is 54.6 Å². The first-order valence-electron chi connectivity index (χ1n) is 9.04. The molecule has 0 spiro atoms. The normalized spacial score (nSPS) is 11.5.